The molecule has 4 heterocycles. The molecule has 49 heavy (non-hydrogen) atoms. The van der Waals surface area contributed by atoms with Crippen molar-refractivity contribution in [3.8, 4) is 29.0 Å². The van der Waals surface area contributed by atoms with Crippen LogP contribution in [0.4, 0.5) is 4.39 Å². The first-order valence-electron chi connectivity index (χ1n) is 15.9. The minimum absolute atomic E-state index is 0.0579. The van der Waals surface area contributed by atoms with Crippen molar-refractivity contribution in [1.82, 2.24) is 14.5 Å². The lowest BCUT2D eigenvalue weighted by atomic mass is 9.98. The van der Waals surface area contributed by atoms with E-state index in [1.807, 2.05) is 10.6 Å². The van der Waals surface area contributed by atoms with E-state index < -0.39 is 11.8 Å². The zero-order valence-corrected chi connectivity index (χ0v) is 26.8. The van der Waals surface area contributed by atoms with Gasteiger partial charge in [-0.05, 0) is 71.1 Å². The average Bonchev–Trinajstić information content (AvgIpc) is 3.43. The number of aromatic carboxylic acids is 1. The lowest BCUT2D eigenvalue weighted by Gasteiger charge is -2.27. The van der Waals surface area contributed by atoms with Crippen molar-refractivity contribution in [3.05, 3.63) is 106 Å². The van der Waals surface area contributed by atoms with Crippen LogP contribution in [0.3, 0.4) is 0 Å². The highest BCUT2D eigenvalue weighted by atomic mass is 19.1. The molecule has 0 unspecified atom stereocenters. The predicted octanol–water partition coefficient (Wildman–Crippen LogP) is 5.82. The quantitative estimate of drug-likeness (QED) is 0.192. The number of methoxy groups -OCH3 is 1. The first-order valence-corrected chi connectivity index (χ1v) is 15.9. The summed E-state index contributed by atoms with van der Waals surface area (Å²) in [5.41, 5.74) is 5.36. The van der Waals surface area contributed by atoms with Crippen LogP contribution in [0, 0.1) is 17.1 Å². The molecule has 1 saturated heterocycles. The van der Waals surface area contributed by atoms with Gasteiger partial charge in [-0.15, -0.1) is 0 Å². The highest BCUT2D eigenvalue weighted by Crippen LogP contribution is 2.33. The third-order valence-electron chi connectivity index (χ3n) is 8.73. The minimum Gasteiger partial charge on any atom is -0.489 e. The van der Waals surface area contributed by atoms with E-state index in [9.17, 15) is 15.2 Å². The second-order valence-electron chi connectivity index (χ2n) is 11.9. The average molecular weight is 665 g/mol. The van der Waals surface area contributed by atoms with Crippen LogP contribution in [0.15, 0.2) is 60.7 Å². The third kappa shape index (κ3) is 6.82. The molecule has 7 rings (SSSR count). The van der Waals surface area contributed by atoms with Gasteiger partial charge in [0, 0.05) is 31.8 Å². The standard InChI is InChI=1S/C37H33FN4O7/c1-45-9-10-48-33-15-25(37(43)44)14-32-36(33)41-34(42(32)18-28-7-8-47-28)16-24-13-30(38)29-12-27(24)20-46-19-26-11-22(17-39)5-6-23(26)21-49-35-4-2-3-31(29)40-35/h2-6,11-15,28H,7-10,16,18-21H2,1H3,(H,43,44)/t28-/m0/s1. The van der Waals surface area contributed by atoms with Gasteiger partial charge in [-0.25, -0.2) is 19.2 Å². The van der Waals surface area contributed by atoms with Gasteiger partial charge in [-0.1, -0.05) is 12.1 Å². The molecule has 0 amide bonds. The van der Waals surface area contributed by atoms with Crippen molar-refractivity contribution in [2.45, 2.75) is 45.3 Å². The molecule has 11 nitrogen and oxygen atoms in total. The van der Waals surface area contributed by atoms with Gasteiger partial charge in [-0.2, -0.15) is 5.26 Å². The number of nitriles is 1. The van der Waals surface area contributed by atoms with Crippen LogP contribution in [-0.4, -0.2) is 58.6 Å². The number of nitrogens with zero attached hydrogens (tertiary/aromatic N) is 4. The van der Waals surface area contributed by atoms with Gasteiger partial charge in [0.05, 0.1) is 60.9 Å². The van der Waals surface area contributed by atoms with Crippen molar-refractivity contribution in [2.75, 3.05) is 26.9 Å². The van der Waals surface area contributed by atoms with E-state index in [1.54, 1.807) is 49.6 Å². The largest absolute Gasteiger partial charge is 0.489 e. The van der Waals surface area contributed by atoms with E-state index in [1.165, 1.54) is 12.1 Å². The molecule has 3 aromatic carbocycles. The van der Waals surface area contributed by atoms with E-state index in [4.69, 9.17) is 28.7 Å². The molecule has 1 fully saturated rings. The number of aromatic nitrogens is 3. The number of benzene rings is 3. The monoisotopic (exact) mass is 664 g/mol. The molecule has 12 heteroatoms. The summed E-state index contributed by atoms with van der Waals surface area (Å²) in [7, 11) is 1.56. The Kier molecular flexibility index (Phi) is 9.21. The Morgan fingerprint density at radius 3 is 2.69 bits per heavy atom. The molecular weight excluding hydrogens is 631 g/mol. The van der Waals surface area contributed by atoms with Crippen LogP contribution in [0.25, 0.3) is 22.3 Å². The van der Waals surface area contributed by atoms with Crippen molar-refractivity contribution in [2.24, 2.45) is 0 Å². The number of ether oxygens (including phenoxy) is 5. The van der Waals surface area contributed by atoms with Crippen molar-refractivity contribution >= 4 is 17.0 Å². The Bertz CT molecular complexity index is 2090. The first-order chi connectivity index (χ1) is 23.9. The highest BCUT2D eigenvalue weighted by molar-refractivity contribution is 5.95. The Hall–Kier alpha value is -5.35. The summed E-state index contributed by atoms with van der Waals surface area (Å²) in [6.45, 7) is 2.13. The molecule has 0 spiro atoms. The van der Waals surface area contributed by atoms with Gasteiger partial charge in [0.15, 0.2) is 0 Å². The normalized spacial score (nSPS) is 15.5. The number of carboxylic acids is 1. The maximum absolute atomic E-state index is 16.0. The molecule has 1 N–H and O–H groups in total. The number of carboxylic acid groups (broad SMARTS) is 1. The van der Waals surface area contributed by atoms with Crippen LogP contribution in [0.2, 0.25) is 0 Å². The molecule has 5 aromatic rings. The highest BCUT2D eigenvalue weighted by Gasteiger charge is 2.25. The molecule has 2 aliphatic heterocycles. The number of imidazole rings is 1. The molecule has 0 saturated carbocycles. The van der Waals surface area contributed by atoms with Crippen LogP contribution < -0.4 is 9.47 Å². The summed E-state index contributed by atoms with van der Waals surface area (Å²) < 4.78 is 47.0. The Morgan fingerprint density at radius 2 is 1.92 bits per heavy atom. The van der Waals surface area contributed by atoms with Crippen molar-refractivity contribution in [1.29, 1.82) is 5.26 Å². The number of halogens is 1. The summed E-state index contributed by atoms with van der Waals surface area (Å²) in [5, 5.41) is 19.4. The molecule has 1 atom stereocenters. The fourth-order valence-electron chi connectivity index (χ4n) is 6.04. The number of rotatable bonds is 9. The topological polar surface area (TPSA) is 138 Å². The molecule has 2 aromatic heterocycles. The van der Waals surface area contributed by atoms with Gasteiger partial charge in [-0.3, -0.25) is 0 Å². The van der Waals surface area contributed by atoms with Gasteiger partial charge in [0.2, 0.25) is 5.88 Å². The molecule has 0 radical (unpaired) electrons. The summed E-state index contributed by atoms with van der Waals surface area (Å²) in [6.07, 6.45) is 0.989. The van der Waals surface area contributed by atoms with Crippen molar-refractivity contribution in [3.63, 3.8) is 0 Å². The van der Waals surface area contributed by atoms with Gasteiger partial charge in [0.25, 0.3) is 0 Å². The van der Waals surface area contributed by atoms with Crippen LogP contribution in [-0.2, 0) is 47.0 Å². The molecular formula is C37H33FN4O7. The summed E-state index contributed by atoms with van der Waals surface area (Å²) in [4.78, 5) is 21.7. The third-order valence-corrected chi connectivity index (χ3v) is 8.73. The zero-order valence-electron chi connectivity index (χ0n) is 26.8. The Labute approximate surface area is 281 Å². The molecule has 0 aliphatic carbocycles. The lowest BCUT2D eigenvalue weighted by molar-refractivity contribution is -0.0589. The van der Waals surface area contributed by atoms with E-state index >= 15 is 4.39 Å². The van der Waals surface area contributed by atoms with E-state index in [2.05, 4.69) is 11.1 Å². The van der Waals surface area contributed by atoms with E-state index in [-0.39, 0.29) is 44.5 Å². The van der Waals surface area contributed by atoms with E-state index in [0.717, 1.165) is 23.1 Å². The number of hydrogen-bond acceptors (Lipinski definition) is 9. The van der Waals surface area contributed by atoms with Gasteiger partial charge in [0.1, 0.15) is 36.1 Å². The number of fused-ring (bicyclic) bond motifs is 7. The summed E-state index contributed by atoms with van der Waals surface area (Å²) in [6, 6.07) is 19.0. The maximum Gasteiger partial charge on any atom is 0.335 e. The van der Waals surface area contributed by atoms with Crippen molar-refractivity contribution < 1.29 is 38.0 Å². The fraction of sp³-hybridized carbons (Fsp3) is 0.297. The Balaban J connectivity index is 1.32. The number of pyridine rings is 1. The summed E-state index contributed by atoms with van der Waals surface area (Å²) in [5.74, 6) is -0.314. The van der Waals surface area contributed by atoms with Gasteiger partial charge >= 0.3 is 5.97 Å². The summed E-state index contributed by atoms with van der Waals surface area (Å²) >= 11 is 0. The zero-order chi connectivity index (χ0) is 33.9. The number of carbonyl (C=O) groups is 1. The van der Waals surface area contributed by atoms with Gasteiger partial charge < -0.3 is 33.4 Å². The molecule has 4 bridgehead atoms. The Morgan fingerprint density at radius 1 is 1.06 bits per heavy atom. The SMILES string of the molecule is COCCOc1cc(C(=O)O)cc2c1nc(Cc1cc(F)c3cc1COCc1cc(C#N)ccc1COc1cccc-3n1)n2C[C@@H]1CCO1. The second-order valence-corrected chi connectivity index (χ2v) is 11.9. The maximum atomic E-state index is 16.0. The fourth-order valence-corrected chi connectivity index (χ4v) is 6.04. The van der Waals surface area contributed by atoms with Crippen LogP contribution in [0.5, 0.6) is 11.6 Å². The minimum atomic E-state index is -1.10. The van der Waals surface area contributed by atoms with E-state index in [0.29, 0.717) is 70.6 Å². The molecule has 250 valence electrons. The second kappa shape index (κ2) is 14.0. The lowest BCUT2D eigenvalue weighted by Crippen LogP contribution is -2.31. The van der Waals surface area contributed by atoms with Crippen LogP contribution in [0.1, 0.15) is 50.4 Å². The molecule has 2 aliphatic rings. The smallest absolute Gasteiger partial charge is 0.335 e. The number of hydrogen-bond donors (Lipinski definition) is 1. The predicted molar refractivity (Wildman–Crippen MR) is 175 cm³/mol. The first kappa shape index (κ1) is 32.2. The van der Waals surface area contributed by atoms with Crippen LogP contribution >= 0.6 is 0 Å².